The van der Waals surface area contributed by atoms with Gasteiger partial charge in [0.15, 0.2) is 0 Å². The summed E-state index contributed by atoms with van der Waals surface area (Å²) in [6, 6.07) is 0. The van der Waals surface area contributed by atoms with Crippen molar-refractivity contribution in [2.24, 2.45) is 7.05 Å². The van der Waals surface area contributed by atoms with Crippen molar-refractivity contribution >= 4 is 0 Å². The Morgan fingerprint density at radius 3 is 3.00 bits per heavy atom. The van der Waals surface area contributed by atoms with Gasteiger partial charge in [0.25, 0.3) is 0 Å². The van der Waals surface area contributed by atoms with E-state index in [4.69, 9.17) is 4.74 Å². The van der Waals surface area contributed by atoms with Crippen molar-refractivity contribution < 1.29 is 4.74 Å². The predicted molar refractivity (Wildman–Crippen MR) is 53.3 cm³/mol. The van der Waals surface area contributed by atoms with Gasteiger partial charge in [-0.25, -0.2) is 4.79 Å². The smallest absolute Gasteiger partial charge is 0.327 e. The SMILES string of the molecule is Cn1ccn(CCC2CCCO2)c1=O. The van der Waals surface area contributed by atoms with E-state index in [-0.39, 0.29) is 5.69 Å². The molecule has 0 spiro atoms. The summed E-state index contributed by atoms with van der Waals surface area (Å²) >= 11 is 0. The van der Waals surface area contributed by atoms with E-state index in [1.54, 1.807) is 22.4 Å². The zero-order valence-corrected chi connectivity index (χ0v) is 8.48. The van der Waals surface area contributed by atoms with Crippen LogP contribution in [0, 0.1) is 0 Å². The first-order valence-electron chi connectivity index (χ1n) is 5.11. The molecule has 1 saturated heterocycles. The van der Waals surface area contributed by atoms with Crippen LogP contribution in [0.4, 0.5) is 0 Å². The second-order valence-electron chi connectivity index (χ2n) is 3.81. The summed E-state index contributed by atoms with van der Waals surface area (Å²) in [4.78, 5) is 11.5. The van der Waals surface area contributed by atoms with E-state index < -0.39 is 0 Å². The van der Waals surface area contributed by atoms with Gasteiger partial charge in [-0.1, -0.05) is 0 Å². The summed E-state index contributed by atoms with van der Waals surface area (Å²) in [6.45, 7) is 1.65. The number of aryl methyl sites for hydroxylation is 2. The maximum Gasteiger partial charge on any atom is 0.327 e. The molecular weight excluding hydrogens is 180 g/mol. The van der Waals surface area contributed by atoms with Gasteiger partial charge in [-0.2, -0.15) is 0 Å². The fourth-order valence-electron chi connectivity index (χ4n) is 1.84. The molecule has 2 rings (SSSR count). The first-order valence-corrected chi connectivity index (χ1v) is 5.11. The van der Waals surface area contributed by atoms with Crippen LogP contribution in [0.2, 0.25) is 0 Å². The monoisotopic (exact) mass is 196 g/mol. The molecular formula is C10H16N2O2. The molecule has 0 aromatic carbocycles. The lowest BCUT2D eigenvalue weighted by atomic mass is 10.2. The number of ether oxygens (including phenoxy) is 1. The topological polar surface area (TPSA) is 36.2 Å². The van der Waals surface area contributed by atoms with Crippen LogP contribution in [0.5, 0.6) is 0 Å². The van der Waals surface area contributed by atoms with Gasteiger partial charge in [0.1, 0.15) is 0 Å². The highest BCUT2D eigenvalue weighted by atomic mass is 16.5. The Kier molecular flexibility index (Phi) is 2.72. The van der Waals surface area contributed by atoms with Gasteiger partial charge < -0.3 is 9.30 Å². The number of aromatic nitrogens is 2. The molecule has 4 heteroatoms. The van der Waals surface area contributed by atoms with E-state index in [2.05, 4.69) is 0 Å². The van der Waals surface area contributed by atoms with E-state index in [0.29, 0.717) is 6.10 Å². The molecule has 2 heterocycles. The molecule has 1 fully saturated rings. The van der Waals surface area contributed by atoms with Crippen LogP contribution in [0.3, 0.4) is 0 Å². The molecule has 0 saturated carbocycles. The standard InChI is InChI=1S/C10H16N2O2/c1-11-6-7-12(10(11)13)5-4-9-3-2-8-14-9/h6-7,9H,2-5,8H2,1H3. The van der Waals surface area contributed by atoms with Gasteiger partial charge in [0.2, 0.25) is 0 Å². The Bertz CT molecular complexity index is 347. The Morgan fingerprint density at radius 2 is 2.43 bits per heavy atom. The van der Waals surface area contributed by atoms with Crippen molar-refractivity contribution in [1.29, 1.82) is 0 Å². The van der Waals surface area contributed by atoms with Gasteiger partial charge in [0, 0.05) is 32.6 Å². The molecule has 1 aliphatic rings. The van der Waals surface area contributed by atoms with Crippen LogP contribution in [-0.2, 0) is 18.3 Å². The third kappa shape index (κ3) is 1.90. The summed E-state index contributed by atoms with van der Waals surface area (Å²) in [5, 5.41) is 0. The van der Waals surface area contributed by atoms with Crippen LogP contribution < -0.4 is 5.69 Å². The van der Waals surface area contributed by atoms with Crippen LogP contribution >= 0.6 is 0 Å². The molecule has 0 bridgehead atoms. The molecule has 4 nitrogen and oxygen atoms in total. The zero-order valence-electron chi connectivity index (χ0n) is 8.48. The Morgan fingerprint density at radius 1 is 1.57 bits per heavy atom. The van der Waals surface area contributed by atoms with Crippen LogP contribution in [0.15, 0.2) is 17.2 Å². The maximum absolute atomic E-state index is 11.5. The van der Waals surface area contributed by atoms with Crippen molar-refractivity contribution in [3.05, 3.63) is 22.9 Å². The van der Waals surface area contributed by atoms with Gasteiger partial charge in [-0.3, -0.25) is 4.57 Å². The van der Waals surface area contributed by atoms with Crippen LogP contribution in [-0.4, -0.2) is 21.8 Å². The molecule has 0 N–H and O–H groups in total. The van der Waals surface area contributed by atoms with Crippen molar-refractivity contribution in [3.63, 3.8) is 0 Å². The summed E-state index contributed by atoms with van der Waals surface area (Å²) in [6.07, 6.45) is 7.23. The van der Waals surface area contributed by atoms with Gasteiger partial charge in [0.05, 0.1) is 6.10 Å². The fourth-order valence-corrected chi connectivity index (χ4v) is 1.84. The van der Waals surface area contributed by atoms with E-state index in [1.165, 1.54) is 0 Å². The second kappa shape index (κ2) is 4.00. The van der Waals surface area contributed by atoms with E-state index >= 15 is 0 Å². The highest BCUT2D eigenvalue weighted by Gasteiger charge is 2.15. The lowest BCUT2D eigenvalue weighted by molar-refractivity contribution is 0.100. The minimum atomic E-state index is 0.0583. The minimum Gasteiger partial charge on any atom is -0.378 e. The van der Waals surface area contributed by atoms with E-state index in [9.17, 15) is 4.79 Å². The molecule has 0 amide bonds. The Hall–Kier alpha value is -1.03. The third-order valence-corrected chi connectivity index (χ3v) is 2.73. The number of nitrogens with zero attached hydrogens (tertiary/aromatic N) is 2. The molecule has 1 aromatic rings. The average Bonchev–Trinajstić information content (AvgIpc) is 2.77. The van der Waals surface area contributed by atoms with Gasteiger partial charge >= 0.3 is 5.69 Å². The molecule has 1 aliphatic heterocycles. The highest BCUT2D eigenvalue weighted by molar-refractivity contribution is 4.80. The third-order valence-electron chi connectivity index (χ3n) is 2.73. The first-order chi connectivity index (χ1) is 6.77. The Balaban J connectivity index is 1.91. The number of rotatable bonds is 3. The molecule has 1 atom stereocenters. The quantitative estimate of drug-likeness (QED) is 0.715. The van der Waals surface area contributed by atoms with Crippen molar-refractivity contribution in [2.45, 2.75) is 31.9 Å². The molecule has 1 aromatic heterocycles. The molecule has 0 aliphatic carbocycles. The van der Waals surface area contributed by atoms with Crippen LogP contribution in [0.25, 0.3) is 0 Å². The summed E-state index contributed by atoms with van der Waals surface area (Å²) in [5.74, 6) is 0. The molecule has 1 unspecified atom stereocenters. The zero-order chi connectivity index (χ0) is 9.97. The molecule has 14 heavy (non-hydrogen) atoms. The number of hydrogen-bond donors (Lipinski definition) is 0. The molecule has 78 valence electrons. The average molecular weight is 196 g/mol. The predicted octanol–water partition coefficient (Wildman–Crippen LogP) is 0.756. The lowest BCUT2D eigenvalue weighted by Gasteiger charge is -2.08. The first kappa shape index (κ1) is 9.52. The van der Waals surface area contributed by atoms with Crippen molar-refractivity contribution in [2.75, 3.05) is 6.61 Å². The van der Waals surface area contributed by atoms with Gasteiger partial charge in [-0.15, -0.1) is 0 Å². The largest absolute Gasteiger partial charge is 0.378 e. The fraction of sp³-hybridized carbons (Fsp3) is 0.700. The number of imidazole rings is 1. The van der Waals surface area contributed by atoms with Crippen molar-refractivity contribution in [3.8, 4) is 0 Å². The second-order valence-corrected chi connectivity index (χ2v) is 3.81. The Labute approximate surface area is 83.1 Å². The maximum atomic E-state index is 11.5. The minimum absolute atomic E-state index is 0.0583. The molecule has 0 radical (unpaired) electrons. The van der Waals surface area contributed by atoms with E-state index in [0.717, 1.165) is 32.4 Å². The van der Waals surface area contributed by atoms with Crippen molar-refractivity contribution in [1.82, 2.24) is 9.13 Å². The summed E-state index contributed by atoms with van der Waals surface area (Å²) in [7, 11) is 1.77. The summed E-state index contributed by atoms with van der Waals surface area (Å²) < 4.78 is 8.83. The van der Waals surface area contributed by atoms with Crippen LogP contribution in [0.1, 0.15) is 19.3 Å². The summed E-state index contributed by atoms with van der Waals surface area (Å²) in [5.41, 5.74) is 0.0583. The number of hydrogen-bond acceptors (Lipinski definition) is 2. The van der Waals surface area contributed by atoms with Gasteiger partial charge in [-0.05, 0) is 19.3 Å². The normalized spacial score (nSPS) is 21.6. The van der Waals surface area contributed by atoms with E-state index in [1.807, 2.05) is 6.20 Å². The lowest BCUT2D eigenvalue weighted by Crippen LogP contribution is -2.23. The highest BCUT2D eigenvalue weighted by Crippen LogP contribution is 2.15.